The molecule has 4 heteroatoms. The number of aliphatic imine (C=N–C) groups is 1. The van der Waals surface area contributed by atoms with E-state index in [4.69, 9.17) is 16.6 Å². The average Bonchev–Trinajstić information content (AvgIpc) is 3.20. The maximum absolute atomic E-state index is 6.22. The summed E-state index contributed by atoms with van der Waals surface area (Å²) in [7, 11) is 0. The molecule has 2 aromatic carbocycles. The van der Waals surface area contributed by atoms with Crippen molar-refractivity contribution >= 4 is 38.7 Å². The van der Waals surface area contributed by atoms with Gasteiger partial charge in [0.05, 0.1) is 28.5 Å². The molecule has 0 atom stereocenters. The maximum atomic E-state index is 6.22. The highest BCUT2D eigenvalue weighted by atomic mass is 35.5. The lowest BCUT2D eigenvalue weighted by Crippen LogP contribution is -2.06. The van der Waals surface area contributed by atoms with Crippen molar-refractivity contribution in [2.45, 2.75) is 6.54 Å². The smallest absolute Gasteiger partial charge is 0.0991 e. The van der Waals surface area contributed by atoms with E-state index in [1.807, 2.05) is 12.1 Å². The van der Waals surface area contributed by atoms with Crippen molar-refractivity contribution in [1.29, 1.82) is 0 Å². The van der Waals surface area contributed by atoms with E-state index >= 15 is 0 Å². The normalized spacial score (nSPS) is 13.3. The molecule has 4 aromatic rings. The zero-order valence-electron chi connectivity index (χ0n) is 12.7. The van der Waals surface area contributed by atoms with E-state index in [9.17, 15) is 0 Å². The van der Waals surface area contributed by atoms with Crippen molar-refractivity contribution in [3.8, 4) is 5.69 Å². The van der Waals surface area contributed by atoms with Gasteiger partial charge in [0.25, 0.3) is 0 Å². The molecule has 2 nitrogen and oxygen atoms in total. The molecule has 0 aliphatic carbocycles. The quantitative estimate of drug-likeness (QED) is 0.420. The van der Waals surface area contributed by atoms with Crippen molar-refractivity contribution in [2.75, 3.05) is 0 Å². The summed E-state index contributed by atoms with van der Waals surface area (Å²) in [6, 6.07) is 20.9. The molecule has 0 unspecified atom stereocenters. The van der Waals surface area contributed by atoms with Gasteiger partial charge in [0.1, 0.15) is 0 Å². The Hall–Kier alpha value is -2.36. The molecule has 1 aliphatic rings. The van der Waals surface area contributed by atoms with Crippen LogP contribution in [0.1, 0.15) is 16.1 Å². The lowest BCUT2D eigenvalue weighted by atomic mass is 10.2. The second-order valence-corrected chi connectivity index (χ2v) is 7.37. The van der Waals surface area contributed by atoms with Crippen LogP contribution in [0, 0.1) is 0 Å². The summed E-state index contributed by atoms with van der Waals surface area (Å²) in [5, 5.41) is 2.02. The van der Waals surface area contributed by atoms with Gasteiger partial charge in [0.15, 0.2) is 0 Å². The van der Waals surface area contributed by atoms with E-state index in [0.29, 0.717) is 6.54 Å². The Bertz CT molecular complexity index is 1070. The van der Waals surface area contributed by atoms with Crippen LogP contribution in [0.5, 0.6) is 0 Å². The number of nitrogens with zero attached hydrogens (tertiary/aromatic N) is 2. The van der Waals surface area contributed by atoms with Gasteiger partial charge >= 0.3 is 0 Å². The molecule has 116 valence electrons. The van der Waals surface area contributed by atoms with E-state index in [1.165, 1.54) is 20.5 Å². The second-order valence-electron chi connectivity index (χ2n) is 5.85. The van der Waals surface area contributed by atoms with Gasteiger partial charge < -0.3 is 4.57 Å². The zero-order valence-corrected chi connectivity index (χ0v) is 14.3. The van der Waals surface area contributed by atoms with Gasteiger partial charge in [-0.1, -0.05) is 35.9 Å². The Labute approximate surface area is 148 Å². The van der Waals surface area contributed by atoms with Crippen LogP contribution in [-0.2, 0) is 6.54 Å². The van der Waals surface area contributed by atoms with Crippen molar-refractivity contribution in [3.05, 3.63) is 88.0 Å². The highest BCUT2D eigenvalue weighted by Crippen LogP contribution is 2.31. The summed E-state index contributed by atoms with van der Waals surface area (Å²) >= 11 is 8.01. The third-order valence-corrected chi connectivity index (χ3v) is 5.72. The van der Waals surface area contributed by atoms with Gasteiger partial charge in [-0.3, -0.25) is 4.99 Å². The van der Waals surface area contributed by atoms with Gasteiger partial charge in [-0.25, -0.2) is 0 Å². The molecule has 5 rings (SSSR count). The second kappa shape index (κ2) is 5.33. The lowest BCUT2D eigenvalue weighted by molar-refractivity contribution is 1.02. The average molecular weight is 349 g/mol. The number of aromatic nitrogens is 1. The largest absolute Gasteiger partial charge is 0.315 e. The van der Waals surface area contributed by atoms with E-state index in [1.54, 1.807) is 11.3 Å². The van der Waals surface area contributed by atoms with Crippen LogP contribution in [-0.4, -0.2) is 10.3 Å². The van der Waals surface area contributed by atoms with Crippen LogP contribution < -0.4 is 0 Å². The number of rotatable bonds is 1. The van der Waals surface area contributed by atoms with Crippen LogP contribution in [0.4, 0.5) is 0 Å². The predicted octanol–water partition coefficient (Wildman–Crippen LogP) is 5.70. The molecule has 0 N–H and O–H groups in total. The maximum Gasteiger partial charge on any atom is 0.0991 e. The summed E-state index contributed by atoms with van der Waals surface area (Å²) in [4.78, 5) is 6.14. The molecule has 3 heterocycles. The van der Waals surface area contributed by atoms with Gasteiger partial charge in [0.2, 0.25) is 0 Å². The minimum atomic E-state index is 0.664. The Morgan fingerprint density at radius 1 is 1.00 bits per heavy atom. The SMILES string of the molecule is Clc1ccc2c(c1)-n1cccc1C(c1cc3ccccc3s1)=NC2. The number of benzene rings is 2. The Balaban J connectivity index is 1.73. The monoisotopic (exact) mass is 348 g/mol. The molecule has 0 radical (unpaired) electrons. The standard InChI is InChI=1S/C20H13ClN2S/c21-15-8-7-14-12-22-20(16-5-3-9-23(16)17(14)11-15)19-10-13-4-1-2-6-18(13)24-19/h1-11H,12H2. The summed E-state index contributed by atoms with van der Waals surface area (Å²) in [6.45, 7) is 0.664. The van der Waals surface area contributed by atoms with Crippen molar-refractivity contribution < 1.29 is 0 Å². The molecule has 1 aliphatic heterocycles. The molecular weight excluding hydrogens is 336 g/mol. The Kier molecular flexibility index (Phi) is 3.12. The minimum Gasteiger partial charge on any atom is -0.315 e. The molecular formula is C20H13ClN2S. The highest BCUT2D eigenvalue weighted by Gasteiger charge is 2.19. The molecule has 0 saturated heterocycles. The summed E-state index contributed by atoms with van der Waals surface area (Å²) in [5.74, 6) is 0. The van der Waals surface area contributed by atoms with Crippen LogP contribution in [0.3, 0.4) is 0 Å². The molecule has 0 fully saturated rings. The first-order chi connectivity index (χ1) is 11.8. The summed E-state index contributed by atoms with van der Waals surface area (Å²) in [6.07, 6.45) is 2.08. The van der Waals surface area contributed by atoms with E-state index < -0.39 is 0 Å². The Morgan fingerprint density at radius 3 is 2.83 bits per heavy atom. The third kappa shape index (κ3) is 2.13. The first-order valence-electron chi connectivity index (χ1n) is 7.79. The van der Waals surface area contributed by atoms with E-state index in [-0.39, 0.29) is 0 Å². The number of hydrogen-bond donors (Lipinski definition) is 0. The van der Waals surface area contributed by atoms with Crippen LogP contribution in [0.25, 0.3) is 15.8 Å². The predicted molar refractivity (Wildman–Crippen MR) is 102 cm³/mol. The molecule has 0 amide bonds. The first kappa shape index (κ1) is 14.0. The lowest BCUT2D eigenvalue weighted by Gasteiger charge is -2.10. The fraction of sp³-hybridized carbons (Fsp3) is 0.0500. The van der Waals surface area contributed by atoms with Crippen molar-refractivity contribution in [1.82, 2.24) is 4.57 Å². The van der Waals surface area contributed by atoms with Crippen molar-refractivity contribution in [2.24, 2.45) is 4.99 Å². The topological polar surface area (TPSA) is 17.3 Å². The number of thiophene rings is 1. The van der Waals surface area contributed by atoms with Crippen LogP contribution >= 0.6 is 22.9 Å². The fourth-order valence-electron chi connectivity index (χ4n) is 3.23. The van der Waals surface area contributed by atoms with Gasteiger partial charge in [-0.05, 0) is 47.3 Å². The van der Waals surface area contributed by atoms with Gasteiger partial charge in [-0.15, -0.1) is 11.3 Å². The summed E-state index contributed by atoms with van der Waals surface area (Å²) < 4.78 is 3.48. The molecule has 0 spiro atoms. The fourth-order valence-corrected chi connectivity index (χ4v) is 4.47. The van der Waals surface area contributed by atoms with Crippen LogP contribution in [0.2, 0.25) is 5.02 Å². The minimum absolute atomic E-state index is 0.664. The van der Waals surface area contributed by atoms with E-state index in [2.05, 4.69) is 59.3 Å². The molecule has 24 heavy (non-hydrogen) atoms. The van der Waals surface area contributed by atoms with Gasteiger partial charge in [-0.2, -0.15) is 0 Å². The zero-order chi connectivity index (χ0) is 16.1. The molecule has 2 aromatic heterocycles. The third-order valence-electron chi connectivity index (χ3n) is 4.36. The van der Waals surface area contributed by atoms with Crippen LogP contribution in [0.15, 0.2) is 71.9 Å². The Morgan fingerprint density at radius 2 is 1.92 bits per heavy atom. The number of fused-ring (bicyclic) bond motifs is 4. The molecule has 0 bridgehead atoms. The highest BCUT2D eigenvalue weighted by molar-refractivity contribution is 7.21. The van der Waals surface area contributed by atoms with Gasteiger partial charge in [0, 0.05) is 15.9 Å². The number of hydrogen-bond acceptors (Lipinski definition) is 2. The first-order valence-corrected chi connectivity index (χ1v) is 8.99. The van der Waals surface area contributed by atoms with Crippen molar-refractivity contribution in [3.63, 3.8) is 0 Å². The summed E-state index contributed by atoms with van der Waals surface area (Å²) in [5.41, 5.74) is 4.46. The number of halogens is 1. The molecule has 0 saturated carbocycles. The van der Waals surface area contributed by atoms with E-state index in [0.717, 1.165) is 22.1 Å².